The van der Waals surface area contributed by atoms with E-state index in [1.54, 1.807) is 12.5 Å². The molecular formula is C21H22N4S. The van der Waals surface area contributed by atoms with E-state index in [2.05, 4.69) is 47.6 Å². The molecule has 0 aliphatic rings. The van der Waals surface area contributed by atoms with Gasteiger partial charge in [-0.25, -0.2) is 4.68 Å². The van der Waals surface area contributed by atoms with Gasteiger partial charge in [0.05, 0.1) is 16.9 Å². The van der Waals surface area contributed by atoms with E-state index < -0.39 is 0 Å². The summed E-state index contributed by atoms with van der Waals surface area (Å²) in [4.78, 5) is 4.18. The Hall–Kier alpha value is -2.79. The van der Waals surface area contributed by atoms with Gasteiger partial charge in [0.15, 0.2) is 0 Å². The van der Waals surface area contributed by atoms with Gasteiger partial charge in [-0.2, -0.15) is 5.10 Å². The predicted octanol–water partition coefficient (Wildman–Crippen LogP) is 4.60. The highest BCUT2D eigenvalue weighted by molar-refractivity contribution is 7.78. The molecule has 1 heterocycles. The summed E-state index contributed by atoms with van der Waals surface area (Å²) in [5, 5.41) is 8.16. The van der Waals surface area contributed by atoms with E-state index >= 15 is 0 Å². The normalized spacial score (nSPS) is 13.5. The van der Waals surface area contributed by atoms with E-state index in [-0.39, 0.29) is 12.1 Å². The second-order valence-corrected chi connectivity index (χ2v) is 6.32. The fourth-order valence-electron chi connectivity index (χ4n) is 3.01. The molecule has 0 aliphatic carbocycles. The van der Waals surface area contributed by atoms with Crippen LogP contribution in [0.3, 0.4) is 0 Å². The van der Waals surface area contributed by atoms with Crippen molar-refractivity contribution in [3.63, 3.8) is 0 Å². The van der Waals surface area contributed by atoms with Gasteiger partial charge in [-0.1, -0.05) is 79.8 Å². The maximum absolute atomic E-state index is 5.07. The zero-order chi connectivity index (χ0) is 18.4. The standard InChI is InChI=1S/C21H22N4S/c1-16(14-22-2)21(23-15-26)25-20(18-11-7-4-8-12-18)13-19(24-25)17-9-5-3-6-10-17/h3-16,21H,1-2H3,(H,23,26). The van der Waals surface area contributed by atoms with Crippen LogP contribution in [0.4, 0.5) is 0 Å². The molecule has 0 aliphatic heterocycles. The van der Waals surface area contributed by atoms with Crippen LogP contribution in [0.1, 0.15) is 13.1 Å². The molecule has 2 unspecified atom stereocenters. The van der Waals surface area contributed by atoms with Crippen LogP contribution < -0.4 is 5.32 Å². The molecule has 1 N–H and O–H groups in total. The molecule has 0 fully saturated rings. The van der Waals surface area contributed by atoms with Crippen molar-refractivity contribution in [2.45, 2.75) is 13.1 Å². The summed E-state index contributed by atoms with van der Waals surface area (Å²) in [6.45, 7) is 2.10. The van der Waals surface area contributed by atoms with E-state index in [9.17, 15) is 0 Å². The molecular weight excluding hydrogens is 340 g/mol. The molecule has 0 saturated heterocycles. The van der Waals surface area contributed by atoms with Crippen molar-refractivity contribution < 1.29 is 0 Å². The molecule has 132 valence electrons. The number of benzene rings is 2. The first-order valence-corrected chi connectivity index (χ1v) is 9.04. The Kier molecular flexibility index (Phi) is 5.92. The predicted molar refractivity (Wildman–Crippen MR) is 113 cm³/mol. The zero-order valence-electron chi connectivity index (χ0n) is 14.9. The fourth-order valence-corrected chi connectivity index (χ4v) is 3.15. The highest BCUT2D eigenvalue weighted by Crippen LogP contribution is 2.29. The maximum Gasteiger partial charge on any atom is 0.129 e. The van der Waals surface area contributed by atoms with Crippen molar-refractivity contribution >= 4 is 23.9 Å². The van der Waals surface area contributed by atoms with Crippen molar-refractivity contribution in [1.29, 1.82) is 0 Å². The van der Waals surface area contributed by atoms with E-state index in [4.69, 9.17) is 17.3 Å². The van der Waals surface area contributed by atoms with Crippen LogP contribution in [0.2, 0.25) is 0 Å². The quantitative estimate of drug-likeness (QED) is 0.493. The van der Waals surface area contributed by atoms with E-state index in [0.29, 0.717) is 0 Å². The molecule has 2 aromatic carbocycles. The maximum atomic E-state index is 5.07. The van der Waals surface area contributed by atoms with E-state index in [1.165, 1.54) is 0 Å². The lowest BCUT2D eigenvalue weighted by molar-refractivity contribution is 0.378. The number of rotatable bonds is 7. The lowest BCUT2D eigenvalue weighted by Crippen LogP contribution is -2.32. The second kappa shape index (κ2) is 8.54. The minimum absolute atomic E-state index is 0.116. The summed E-state index contributed by atoms with van der Waals surface area (Å²) < 4.78 is 2.01. The average Bonchev–Trinajstić information content (AvgIpc) is 3.12. The van der Waals surface area contributed by atoms with Crippen molar-refractivity contribution in [2.24, 2.45) is 10.9 Å². The molecule has 1 aromatic heterocycles. The Labute approximate surface area is 159 Å². The van der Waals surface area contributed by atoms with E-state index in [0.717, 1.165) is 22.5 Å². The van der Waals surface area contributed by atoms with Crippen LogP contribution in [-0.2, 0) is 0 Å². The molecule has 0 radical (unpaired) electrons. The third kappa shape index (κ3) is 3.89. The number of hydrogen-bond donors (Lipinski definition) is 1. The second-order valence-electron chi connectivity index (χ2n) is 6.09. The van der Waals surface area contributed by atoms with Gasteiger partial charge < -0.3 is 10.3 Å². The molecule has 0 saturated carbocycles. The lowest BCUT2D eigenvalue weighted by Gasteiger charge is -2.23. The Morgan fingerprint density at radius 2 is 1.65 bits per heavy atom. The van der Waals surface area contributed by atoms with Gasteiger partial charge in [0.1, 0.15) is 6.17 Å². The molecule has 0 amide bonds. The number of aromatic nitrogens is 2. The van der Waals surface area contributed by atoms with Crippen LogP contribution in [0.25, 0.3) is 22.5 Å². The molecule has 4 nitrogen and oxygen atoms in total. The smallest absolute Gasteiger partial charge is 0.129 e. The minimum Gasteiger partial charge on any atom is -0.360 e. The molecule has 0 bridgehead atoms. The van der Waals surface area contributed by atoms with Crippen LogP contribution >= 0.6 is 12.2 Å². The molecule has 26 heavy (non-hydrogen) atoms. The van der Waals surface area contributed by atoms with Crippen molar-refractivity contribution in [3.05, 3.63) is 66.7 Å². The molecule has 3 rings (SSSR count). The Morgan fingerprint density at radius 3 is 2.23 bits per heavy atom. The number of nitrogens with one attached hydrogen (secondary N) is 1. The van der Waals surface area contributed by atoms with Gasteiger partial charge in [-0.15, -0.1) is 0 Å². The van der Waals surface area contributed by atoms with Crippen molar-refractivity contribution in [2.75, 3.05) is 7.05 Å². The summed E-state index contributed by atoms with van der Waals surface area (Å²) in [6.07, 6.45) is 1.79. The Balaban J connectivity index is 2.15. The van der Waals surface area contributed by atoms with Crippen LogP contribution in [0.5, 0.6) is 0 Å². The van der Waals surface area contributed by atoms with Gasteiger partial charge in [0.25, 0.3) is 0 Å². The molecule has 5 heteroatoms. The number of thiocarbonyl (C=S) groups is 1. The monoisotopic (exact) mass is 362 g/mol. The van der Waals surface area contributed by atoms with Gasteiger partial charge in [-0.3, -0.25) is 0 Å². The lowest BCUT2D eigenvalue weighted by atomic mass is 10.1. The van der Waals surface area contributed by atoms with Crippen LogP contribution in [0.15, 0.2) is 71.7 Å². The zero-order valence-corrected chi connectivity index (χ0v) is 15.7. The minimum atomic E-state index is -0.121. The Bertz CT molecular complexity index is 872. The average molecular weight is 363 g/mol. The molecule has 2 atom stereocenters. The number of hydrogen-bond acceptors (Lipinski definition) is 3. The third-order valence-corrected chi connectivity index (χ3v) is 4.40. The summed E-state index contributed by atoms with van der Waals surface area (Å²) >= 11 is 5.07. The van der Waals surface area contributed by atoms with Gasteiger partial charge in [0.2, 0.25) is 0 Å². The van der Waals surface area contributed by atoms with E-state index in [1.807, 2.05) is 47.3 Å². The summed E-state index contributed by atoms with van der Waals surface area (Å²) in [5.41, 5.74) is 5.71. The summed E-state index contributed by atoms with van der Waals surface area (Å²) in [6, 6.07) is 22.6. The van der Waals surface area contributed by atoms with Crippen molar-refractivity contribution in [3.8, 4) is 22.5 Å². The topological polar surface area (TPSA) is 42.2 Å². The van der Waals surface area contributed by atoms with Crippen LogP contribution in [-0.4, -0.2) is 28.5 Å². The van der Waals surface area contributed by atoms with Gasteiger partial charge in [0, 0.05) is 24.7 Å². The fraction of sp³-hybridized carbons (Fsp3) is 0.190. The number of aliphatic imine (C=N–C) groups is 1. The first-order chi connectivity index (χ1) is 12.7. The highest BCUT2D eigenvalue weighted by Gasteiger charge is 2.22. The van der Waals surface area contributed by atoms with Crippen molar-refractivity contribution in [1.82, 2.24) is 15.1 Å². The molecule has 0 spiro atoms. The molecule has 3 aromatic rings. The highest BCUT2D eigenvalue weighted by atomic mass is 32.1. The first-order valence-electron chi connectivity index (χ1n) is 8.57. The largest absolute Gasteiger partial charge is 0.360 e. The van der Waals surface area contributed by atoms with Gasteiger partial charge in [-0.05, 0) is 11.6 Å². The van der Waals surface area contributed by atoms with Gasteiger partial charge >= 0.3 is 0 Å². The summed E-state index contributed by atoms with van der Waals surface area (Å²) in [7, 11) is 1.78. The first kappa shape index (κ1) is 18.0. The Morgan fingerprint density at radius 1 is 1.04 bits per heavy atom. The summed E-state index contributed by atoms with van der Waals surface area (Å²) in [5.74, 6) is 0.116. The van der Waals surface area contributed by atoms with Crippen LogP contribution in [0, 0.1) is 5.92 Å². The SMILES string of the molecule is CN=CC(C)C(NC=S)n1nc(-c2ccccc2)cc1-c1ccccc1. The number of nitrogens with zero attached hydrogens (tertiary/aromatic N) is 3. The third-order valence-electron chi connectivity index (χ3n) is 4.26.